The van der Waals surface area contributed by atoms with Crippen LogP contribution in [-0.2, 0) is 6.54 Å². The molecule has 0 saturated carbocycles. The molecule has 0 spiro atoms. The normalized spacial score (nSPS) is 10.0. The molecule has 0 radical (unpaired) electrons. The SMILES string of the molecule is COc1ccc(CN(C)c2ncccc2C=O)cc1. The molecule has 2 rings (SSSR count). The molecule has 0 saturated heterocycles. The maximum Gasteiger partial charge on any atom is 0.153 e. The molecule has 2 aromatic rings. The lowest BCUT2D eigenvalue weighted by Gasteiger charge is -2.19. The molecule has 0 amide bonds. The van der Waals surface area contributed by atoms with Crippen LogP contribution in [0.15, 0.2) is 42.6 Å². The van der Waals surface area contributed by atoms with Gasteiger partial charge in [-0.3, -0.25) is 4.79 Å². The van der Waals surface area contributed by atoms with Crippen LogP contribution in [0.2, 0.25) is 0 Å². The van der Waals surface area contributed by atoms with Gasteiger partial charge in [0.15, 0.2) is 6.29 Å². The molecule has 0 atom stereocenters. The van der Waals surface area contributed by atoms with Gasteiger partial charge in [-0.25, -0.2) is 4.98 Å². The van der Waals surface area contributed by atoms with E-state index in [4.69, 9.17) is 4.74 Å². The average Bonchev–Trinajstić information content (AvgIpc) is 2.48. The predicted molar refractivity (Wildman–Crippen MR) is 74.7 cm³/mol. The zero-order valence-electron chi connectivity index (χ0n) is 11.0. The number of benzene rings is 1. The summed E-state index contributed by atoms with van der Waals surface area (Å²) in [6.45, 7) is 0.682. The number of anilines is 1. The van der Waals surface area contributed by atoms with Crippen LogP contribution in [0.3, 0.4) is 0 Å². The number of hydrogen-bond donors (Lipinski definition) is 0. The molecular formula is C15H16N2O2. The van der Waals surface area contributed by atoms with Crippen molar-refractivity contribution in [3.05, 3.63) is 53.7 Å². The Balaban J connectivity index is 2.15. The summed E-state index contributed by atoms with van der Waals surface area (Å²) >= 11 is 0. The van der Waals surface area contributed by atoms with Crippen LogP contribution in [0.1, 0.15) is 15.9 Å². The van der Waals surface area contributed by atoms with Crippen LogP contribution in [0.5, 0.6) is 5.75 Å². The minimum absolute atomic E-state index is 0.596. The largest absolute Gasteiger partial charge is 0.497 e. The van der Waals surface area contributed by atoms with E-state index in [0.717, 1.165) is 17.6 Å². The summed E-state index contributed by atoms with van der Waals surface area (Å²) in [4.78, 5) is 17.2. The molecule has 0 fully saturated rings. The Bertz CT molecular complexity index is 552. The standard InChI is InChI=1S/C15H16N2O2/c1-17(15-13(11-18)4-3-9-16-15)10-12-5-7-14(19-2)8-6-12/h3-9,11H,10H2,1-2H3. The Morgan fingerprint density at radius 2 is 2.00 bits per heavy atom. The molecule has 98 valence electrons. The van der Waals surface area contributed by atoms with Gasteiger partial charge in [-0.15, -0.1) is 0 Å². The fourth-order valence-corrected chi connectivity index (χ4v) is 1.90. The van der Waals surface area contributed by atoms with Crippen molar-refractivity contribution >= 4 is 12.1 Å². The fourth-order valence-electron chi connectivity index (χ4n) is 1.90. The van der Waals surface area contributed by atoms with E-state index in [1.807, 2.05) is 36.2 Å². The Labute approximate surface area is 112 Å². The highest BCUT2D eigenvalue weighted by molar-refractivity contribution is 5.82. The minimum Gasteiger partial charge on any atom is -0.497 e. The van der Waals surface area contributed by atoms with Crippen molar-refractivity contribution < 1.29 is 9.53 Å². The lowest BCUT2D eigenvalue weighted by atomic mass is 10.2. The molecular weight excluding hydrogens is 240 g/mol. The van der Waals surface area contributed by atoms with Crippen molar-refractivity contribution in [1.29, 1.82) is 0 Å². The van der Waals surface area contributed by atoms with E-state index < -0.39 is 0 Å². The summed E-state index contributed by atoms with van der Waals surface area (Å²) in [5.74, 6) is 1.52. The molecule has 4 heteroatoms. The zero-order valence-corrected chi connectivity index (χ0v) is 11.0. The highest BCUT2D eigenvalue weighted by Crippen LogP contribution is 2.18. The van der Waals surface area contributed by atoms with E-state index in [0.29, 0.717) is 17.9 Å². The second-order valence-corrected chi connectivity index (χ2v) is 4.24. The molecule has 1 heterocycles. The van der Waals surface area contributed by atoms with E-state index in [1.165, 1.54) is 0 Å². The van der Waals surface area contributed by atoms with Crippen molar-refractivity contribution in [1.82, 2.24) is 4.98 Å². The van der Waals surface area contributed by atoms with Crippen LogP contribution < -0.4 is 9.64 Å². The summed E-state index contributed by atoms with van der Waals surface area (Å²) < 4.78 is 5.12. The van der Waals surface area contributed by atoms with Gasteiger partial charge in [-0.2, -0.15) is 0 Å². The molecule has 0 unspecified atom stereocenters. The first kappa shape index (κ1) is 13.1. The maximum atomic E-state index is 11.0. The first-order chi connectivity index (χ1) is 9.24. The number of methoxy groups -OCH3 is 1. The summed E-state index contributed by atoms with van der Waals surface area (Å²) in [6, 6.07) is 11.4. The number of pyridine rings is 1. The number of nitrogens with zero attached hydrogens (tertiary/aromatic N) is 2. The summed E-state index contributed by atoms with van der Waals surface area (Å²) in [6.07, 6.45) is 2.51. The quantitative estimate of drug-likeness (QED) is 0.771. The highest BCUT2D eigenvalue weighted by atomic mass is 16.5. The fraction of sp³-hybridized carbons (Fsp3) is 0.200. The number of ether oxygens (including phenoxy) is 1. The summed E-state index contributed by atoms with van der Waals surface area (Å²) in [5, 5.41) is 0. The van der Waals surface area contributed by atoms with Crippen LogP contribution >= 0.6 is 0 Å². The third-order valence-corrected chi connectivity index (χ3v) is 2.88. The van der Waals surface area contributed by atoms with E-state index in [2.05, 4.69) is 4.98 Å². The number of hydrogen-bond acceptors (Lipinski definition) is 4. The Morgan fingerprint density at radius 1 is 1.26 bits per heavy atom. The summed E-state index contributed by atoms with van der Waals surface area (Å²) in [7, 11) is 3.56. The number of aldehydes is 1. The Hall–Kier alpha value is -2.36. The number of carbonyl (C=O) groups excluding carboxylic acids is 1. The second kappa shape index (κ2) is 6.00. The van der Waals surface area contributed by atoms with Gasteiger partial charge in [0, 0.05) is 19.8 Å². The first-order valence-corrected chi connectivity index (χ1v) is 5.99. The highest BCUT2D eigenvalue weighted by Gasteiger charge is 2.08. The number of carbonyl (C=O) groups is 1. The lowest BCUT2D eigenvalue weighted by Crippen LogP contribution is -2.19. The van der Waals surface area contributed by atoms with Gasteiger partial charge in [0.2, 0.25) is 0 Å². The Kier molecular flexibility index (Phi) is 4.13. The van der Waals surface area contributed by atoms with Gasteiger partial charge in [-0.05, 0) is 29.8 Å². The molecule has 19 heavy (non-hydrogen) atoms. The summed E-state index contributed by atoms with van der Waals surface area (Å²) in [5.41, 5.74) is 1.73. The monoisotopic (exact) mass is 256 g/mol. The lowest BCUT2D eigenvalue weighted by molar-refractivity contribution is 0.112. The molecule has 0 aliphatic rings. The van der Waals surface area contributed by atoms with Crippen molar-refractivity contribution in [2.75, 3.05) is 19.1 Å². The molecule has 4 nitrogen and oxygen atoms in total. The molecule has 0 bridgehead atoms. The van der Waals surface area contributed by atoms with E-state index >= 15 is 0 Å². The van der Waals surface area contributed by atoms with Crippen molar-refractivity contribution in [3.63, 3.8) is 0 Å². The van der Waals surface area contributed by atoms with Crippen molar-refractivity contribution in [2.45, 2.75) is 6.54 Å². The van der Waals surface area contributed by atoms with E-state index in [1.54, 1.807) is 25.4 Å². The Morgan fingerprint density at radius 3 is 2.63 bits per heavy atom. The molecule has 1 aromatic heterocycles. The van der Waals surface area contributed by atoms with Gasteiger partial charge in [0.25, 0.3) is 0 Å². The molecule has 0 aliphatic heterocycles. The molecule has 0 aliphatic carbocycles. The minimum atomic E-state index is 0.596. The third kappa shape index (κ3) is 3.10. The van der Waals surface area contributed by atoms with Gasteiger partial charge >= 0.3 is 0 Å². The predicted octanol–water partition coefficient (Wildman–Crippen LogP) is 2.54. The van der Waals surface area contributed by atoms with Gasteiger partial charge < -0.3 is 9.64 Å². The van der Waals surface area contributed by atoms with Gasteiger partial charge in [0.1, 0.15) is 11.6 Å². The van der Waals surface area contributed by atoms with Gasteiger partial charge in [0.05, 0.1) is 12.7 Å². The molecule has 0 N–H and O–H groups in total. The third-order valence-electron chi connectivity index (χ3n) is 2.88. The second-order valence-electron chi connectivity index (χ2n) is 4.24. The smallest absolute Gasteiger partial charge is 0.153 e. The van der Waals surface area contributed by atoms with Crippen LogP contribution in [-0.4, -0.2) is 25.4 Å². The van der Waals surface area contributed by atoms with Crippen LogP contribution in [0.4, 0.5) is 5.82 Å². The van der Waals surface area contributed by atoms with Crippen LogP contribution in [0.25, 0.3) is 0 Å². The van der Waals surface area contributed by atoms with Gasteiger partial charge in [-0.1, -0.05) is 12.1 Å². The number of aromatic nitrogens is 1. The molecule has 1 aromatic carbocycles. The zero-order chi connectivity index (χ0) is 13.7. The van der Waals surface area contributed by atoms with Crippen molar-refractivity contribution in [2.24, 2.45) is 0 Å². The van der Waals surface area contributed by atoms with Crippen LogP contribution in [0, 0.1) is 0 Å². The van der Waals surface area contributed by atoms with E-state index in [-0.39, 0.29) is 0 Å². The first-order valence-electron chi connectivity index (χ1n) is 5.99. The van der Waals surface area contributed by atoms with Crippen molar-refractivity contribution in [3.8, 4) is 5.75 Å². The average molecular weight is 256 g/mol. The number of rotatable bonds is 5. The maximum absolute atomic E-state index is 11.0. The van der Waals surface area contributed by atoms with E-state index in [9.17, 15) is 4.79 Å². The topological polar surface area (TPSA) is 42.4 Å².